The second-order valence-electron chi connectivity index (χ2n) is 6.06. The van der Waals surface area contributed by atoms with E-state index in [0.29, 0.717) is 29.4 Å². The summed E-state index contributed by atoms with van der Waals surface area (Å²) < 4.78 is 12.9. The van der Waals surface area contributed by atoms with Crippen LogP contribution in [0.1, 0.15) is 31.9 Å². The summed E-state index contributed by atoms with van der Waals surface area (Å²) in [5, 5.41) is 9.15. The first-order valence-electron chi connectivity index (χ1n) is 7.76. The van der Waals surface area contributed by atoms with Crippen molar-refractivity contribution in [3.05, 3.63) is 64.1 Å². The molecule has 0 unspecified atom stereocenters. The largest absolute Gasteiger partial charge is 0.494 e. The maximum atomic E-state index is 12.5. The van der Waals surface area contributed by atoms with Crippen LogP contribution in [-0.4, -0.2) is 16.8 Å². The highest BCUT2D eigenvalue weighted by Gasteiger charge is 2.28. The van der Waals surface area contributed by atoms with Crippen molar-refractivity contribution in [2.24, 2.45) is 0 Å². The van der Waals surface area contributed by atoms with Crippen LogP contribution < -0.4 is 15.0 Å². The molecule has 1 aromatic heterocycles. The van der Waals surface area contributed by atoms with Crippen LogP contribution >= 0.6 is 0 Å². The average molecular weight is 322 g/mol. The zero-order chi connectivity index (χ0) is 17.3. The molecule has 0 aliphatic carbocycles. The summed E-state index contributed by atoms with van der Waals surface area (Å²) in [6, 6.07) is 10.5. The minimum Gasteiger partial charge on any atom is -0.494 e. The summed E-state index contributed by atoms with van der Waals surface area (Å²) in [5.41, 5.74) is 1.18. The van der Waals surface area contributed by atoms with Gasteiger partial charge in [0.05, 0.1) is 23.9 Å². The van der Waals surface area contributed by atoms with Crippen molar-refractivity contribution in [3.8, 4) is 17.6 Å². The standard InChI is InChI=1S/C19H18N2O3/c1-4-23-14-7-8-21(18(22)10-14)16-11-19(2,3)24-17-6-5-13(12-20)9-15(16)17/h5-11H,4H2,1-3H3. The number of fused-ring (bicyclic) bond motifs is 1. The Hall–Kier alpha value is -3.00. The molecule has 0 spiro atoms. The molecule has 0 radical (unpaired) electrons. The Labute approximate surface area is 140 Å². The Morgan fingerprint density at radius 1 is 1.29 bits per heavy atom. The predicted molar refractivity (Wildman–Crippen MR) is 91.1 cm³/mol. The number of nitrogens with zero attached hydrogens (tertiary/aromatic N) is 2. The lowest BCUT2D eigenvalue weighted by molar-refractivity contribution is 0.157. The Bertz CT molecular complexity index is 917. The maximum Gasteiger partial charge on any atom is 0.258 e. The smallest absolute Gasteiger partial charge is 0.258 e. The second kappa shape index (κ2) is 5.89. The third-order valence-corrected chi connectivity index (χ3v) is 3.70. The van der Waals surface area contributed by atoms with Gasteiger partial charge < -0.3 is 9.47 Å². The van der Waals surface area contributed by atoms with E-state index in [1.165, 1.54) is 6.07 Å². The van der Waals surface area contributed by atoms with Crippen LogP contribution in [0.4, 0.5) is 0 Å². The van der Waals surface area contributed by atoms with Gasteiger partial charge in [-0.2, -0.15) is 5.26 Å². The molecule has 1 aromatic carbocycles. The molecule has 5 nitrogen and oxygen atoms in total. The summed E-state index contributed by atoms with van der Waals surface area (Å²) in [4.78, 5) is 12.5. The van der Waals surface area contributed by atoms with E-state index in [1.54, 1.807) is 35.0 Å². The molecule has 2 aromatic rings. The third kappa shape index (κ3) is 2.91. The van der Waals surface area contributed by atoms with Gasteiger partial charge in [-0.3, -0.25) is 9.36 Å². The van der Waals surface area contributed by atoms with Gasteiger partial charge in [-0.05, 0) is 51.1 Å². The monoisotopic (exact) mass is 322 g/mol. The minimum atomic E-state index is -0.561. The van der Waals surface area contributed by atoms with Gasteiger partial charge in [0.25, 0.3) is 5.56 Å². The minimum absolute atomic E-state index is 0.196. The van der Waals surface area contributed by atoms with Crippen LogP contribution in [0.2, 0.25) is 0 Å². The van der Waals surface area contributed by atoms with Crippen molar-refractivity contribution < 1.29 is 9.47 Å². The third-order valence-electron chi connectivity index (χ3n) is 3.70. The van der Waals surface area contributed by atoms with Gasteiger partial charge in [0, 0.05) is 17.8 Å². The highest BCUT2D eigenvalue weighted by Crippen LogP contribution is 2.36. The van der Waals surface area contributed by atoms with E-state index in [4.69, 9.17) is 14.7 Å². The summed E-state index contributed by atoms with van der Waals surface area (Å²) in [6.45, 7) is 6.22. The van der Waals surface area contributed by atoms with Crippen molar-refractivity contribution in [2.75, 3.05) is 6.61 Å². The SMILES string of the molecule is CCOc1ccn(C2=CC(C)(C)Oc3ccc(C#N)cc32)c(=O)c1. The molecular weight excluding hydrogens is 304 g/mol. The zero-order valence-corrected chi connectivity index (χ0v) is 13.9. The number of benzene rings is 1. The van der Waals surface area contributed by atoms with Gasteiger partial charge in [0.15, 0.2) is 0 Å². The van der Waals surface area contributed by atoms with E-state index >= 15 is 0 Å². The first kappa shape index (κ1) is 15.9. The fourth-order valence-corrected chi connectivity index (χ4v) is 2.72. The lowest BCUT2D eigenvalue weighted by Crippen LogP contribution is -2.32. The van der Waals surface area contributed by atoms with Crippen molar-refractivity contribution in [1.82, 2.24) is 4.57 Å². The molecule has 0 saturated carbocycles. The quantitative estimate of drug-likeness (QED) is 0.870. The van der Waals surface area contributed by atoms with Gasteiger partial charge >= 0.3 is 0 Å². The molecule has 0 amide bonds. The Morgan fingerprint density at radius 2 is 2.08 bits per heavy atom. The van der Waals surface area contributed by atoms with Crippen LogP contribution in [-0.2, 0) is 0 Å². The zero-order valence-electron chi connectivity index (χ0n) is 13.9. The highest BCUT2D eigenvalue weighted by atomic mass is 16.5. The molecule has 1 aliphatic heterocycles. The van der Waals surface area contributed by atoms with Gasteiger partial charge in [-0.25, -0.2) is 0 Å². The molecule has 0 bridgehead atoms. The topological polar surface area (TPSA) is 64.2 Å². The summed E-state index contributed by atoms with van der Waals surface area (Å²) in [5.74, 6) is 1.19. The number of pyridine rings is 1. The number of nitriles is 1. The van der Waals surface area contributed by atoms with E-state index in [0.717, 1.165) is 5.56 Å². The molecule has 0 fully saturated rings. The number of ether oxygens (including phenoxy) is 2. The number of hydrogen-bond donors (Lipinski definition) is 0. The Kier molecular flexibility index (Phi) is 3.90. The fraction of sp³-hybridized carbons (Fsp3) is 0.263. The summed E-state index contributed by atoms with van der Waals surface area (Å²) in [6.07, 6.45) is 3.57. The van der Waals surface area contributed by atoms with Crippen LogP contribution in [0.5, 0.6) is 11.5 Å². The van der Waals surface area contributed by atoms with Crippen molar-refractivity contribution in [3.63, 3.8) is 0 Å². The molecule has 24 heavy (non-hydrogen) atoms. The molecular formula is C19H18N2O3. The Morgan fingerprint density at radius 3 is 2.75 bits per heavy atom. The van der Waals surface area contributed by atoms with E-state index in [9.17, 15) is 4.79 Å². The van der Waals surface area contributed by atoms with Crippen molar-refractivity contribution >= 4 is 5.70 Å². The molecule has 2 heterocycles. The van der Waals surface area contributed by atoms with E-state index in [-0.39, 0.29) is 5.56 Å². The molecule has 3 rings (SSSR count). The molecule has 0 saturated heterocycles. The highest BCUT2D eigenvalue weighted by molar-refractivity contribution is 5.74. The molecule has 0 atom stereocenters. The first-order chi connectivity index (χ1) is 11.4. The van der Waals surface area contributed by atoms with E-state index in [2.05, 4.69) is 6.07 Å². The van der Waals surface area contributed by atoms with Gasteiger partial charge in [0.1, 0.15) is 17.1 Å². The van der Waals surface area contributed by atoms with Crippen molar-refractivity contribution in [2.45, 2.75) is 26.4 Å². The summed E-state index contributed by atoms with van der Waals surface area (Å²) >= 11 is 0. The lowest BCUT2D eigenvalue weighted by Gasteiger charge is -2.31. The summed E-state index contributed by atoms with van der Waals surface area (Å²) in [7, 11) is 0. The van der Waals surface area contributed by atoms with Gasteiger partial charge in [0.2, 0.25) is 0 Å². The lowest BCUT2D eigenvalue weighted by atomic mass is 9.97. The second-order valence-corrected chi connectivity index (χ2v) is 6.06. The number of hydrogen-bond acceptors (Lipinski definition) is 4. The molecule has 122 valence electrons. The molecule has 1 aliphatic rings. The van der Waals surface area contributed by atoms with Crippen LogP contribution in [0.15, 0.2) is 47.4 Å². The van der Waals surface area contributed by atoms with Crippen LogP contribution in [0, 0.1) is 11.3 Å². The number of rotatable bonds is 3. The average Bonchev–Trinajstić information content (AvgIpc) is 2.53. The molecule has 5 heteroatoms. The van der Waals surface area contributed by atoms with Crippen molar-refractivity contribution in [1.29, 1.82) is 5.26 Å². The van der Waals surface area contributed by atoms with Crippen LogP contribution in [0.25, 0.3) is 5.70 Å². The number of aromatic nitrogens is 1. The first-order valence-corrected chi connectivity index (χ1v) is 7.76. The predicted octanol–water partition coefficient (Wildman–Crippen LogP) is 3.18. The van der Waals surface area contributed by atoms with E-state index < -0.39 is 5.60 Å². The Balaban J connectivity index is 2.18. The maximum absolute atomic E-state index is 12.5. The molecule has 0 N–H and O–H groups in total. The van der Waals surface area contributed by atoms with E-state index in [1.807, 2.05) is 26.8 Å². The fourth-order valence-electron chi connectivity index (χ4n) is 2.72. The van der Waals surface area contributed by atoms with Gasteiger partial charge in [-0.15, -0.1) is 0 Å². The van der Waals surface area contributed by atoms with Gasteiger partial charge in [-0.1, -0.05) is 0 Å². The van der Waals surface area contributed by atoms with Crippen LogP contribution in [0.3, 0.4) is 0 Å². The normalized spacial score (nSPS) is 14.8.